The van der Waals surface area contributed by atoms with Gasteiger partial charge in [0.25, 0.3) is 0 Å². The molecule has 0 radical (unpaired) electrons. The molecule has 2 rings (SSSR count). The minimum Gasteiger partial charge on any atom is -0.496 e. The Morgan fingerprint density at radius 3 is 2.74 bits per heavy atom. The Morgan fingerprint density at radius 2 is 2.11 bits per heavy atom. The molecule has 0 unspecified atom stereocenters. The summed E-state index contributed by atoms with van der Waals surface area (Å²) in [4.78, 5) is 2.21. The Labute approximate surface area is 114 Å². The number of hydrogen-bond donors (Lipinski definition) is 0. The first-order valence-electron chi connectivity index (χ1n) is 6.37. The van der Waals surface area contributed by atoms with Crippen molar-refractivity contribution in [3.63, 3.8) is 0 Å². The molecule has 0 bridgehead atoms. The van der Waals surface area contributed by atoms with Crippen LogP contribution in [0.15, 0.2) is 34.9 Å². The Morgan fingerprint density at radius 1 is 1.37 bits per heavy atom. The van der Waals surface area contributed by atoms with Crippen LogP contribution < -0.4 is 4.74 Å². The average Bonchev–Trinajstić information content (AvgIpc) is 2.83. The molecular formula is C15H20N2O2. The SMILES string of the molecule is COc1ccccc1[C@H](C)N(C)Cc1cc(C)no1. The van der Waals surface area contributed by atoms with Crippen LogP contribution in [0.1, 0.15) is 30.0 Å². The van der Waals surface area contributed by atoms with Crippen molar-refractivity contribution in [2.24, 2.45) is 0 Å². The van der Waals surface area contributed by atoms with E-state index in [0.29, 0.717) is 0 Å². The summed E-state index contributed by atoms with van der Waals surface area (Å²) < 4.78 is 10.7. The van der Waals surface area contributed by atoms with Crippen molar-refractivity contribution in [2.45, 2.75) is 26.4 Å². The number of methoxy groups -OCH3 is 1. The predicted molar refractivity (Wildman–Crippen MR) is 74.1 cm³/mol. The van der Waals surface area contributed by atoms with Crippen molar-refractivity contribution >= 4 is 0 Å². The van der Waals surface area contributed by atoms with Gasteiger partial charge >= 0.3 is 0 Å². The Bertz CT molecular complexity index is 536. The predicted octanol–water partition coefficient (Wildman–Crippen LogP) is 3.18. The maximum absolute atomic E-state index is 5.41. The molecule has 1 aromatic carbocycles. The lowest BCUT2D eigenvalue weighted by atomic mass is 10.1. The van der Waals surface area contributed by atoms with Gasteiger partial charge in [-0.3, -0.25) is 4.90 Å². The highest BCUT2D eigenvalue weighted by molar-refractivity contribution is 5.35. The second-order valence-corrected chi connectivity index (χ2v) is 4.77. The second kappa shape index (κ2) is 5.89. The fraction of sp³-hybridized carbons (Fsp3) is 0.400. The van der Waals surface area contributed by atoms with Crippen LogP contribution in [0.5, 0.6) is 5.75 Å². The van der Waals surface area contributed by atoms with Gasteiger partial charge in [-0.15, -0.1) is 0 Å². The fourth-order valence-electron chi connectivity index (χ4n) is 2.12. The van der Waals surface area contributed by atoms with E-state index in [1.165, 1.54) is 5.56 Å². The van der Waals surface area contributed by atoms with Crippen LogP contribution in [0.25, 0.3) is 0 Å². The highest BCUT2D eigenvalue weighted by atomic mass is 16.5. The molecule has 1 atom stereocenters. The van der Waals surface area contributed by atoms with Crippen molar-refractivity contribution in [1.82, 2.24) is 10.1 Å². The smallest absolute Gasteiger partial charge is 0.150 e. The summed E-state index contributed by atoms with van der Waals surface area (Å²) in [5, 5.41) is 3.91. The number of benzene rings is 1. The van der Waals surface area contributed by atoms with Crippen molar-refractivity contribution in [3.8, 4) is 5.75 Å². The summed E-state index contributed by atoms with van der Waals surface area (Å²) in [5.74, 6) is 1.79. The number of rotatable bonds is 5. The maximum Gasteiger partial charge on any atom is 0.150 e. The monoisotopic (exact) mass is 260 g/mol. The highest BCUT2D eigenvalue weighted by Crippen LogP contribution is 2.28. The van der Waals surface area contributed by atoms with Gasteiger partial charge in [-0.25, -0.2) is 0 Å². The number of hydrogen-bond acceptors (Lipinski definition) is 4. The fourth-order valence-corrected chi connectivity index (χ4v) is 2.12. The van der Waals surface area contributed by atoms with Crippen LogP contribution in [0.3, 0.4) is 0 Å². The van der Waals surface area contributed by atoms with Gasteiger partial charge in [0.2, 0.25) is 0 Å². The van der Waals surface area contributed by atoms with E-state index in [1.54, 1.807) is 7.11 Å². The molecule has 0 fully saturated rings. The van der Waals surface area contributed by atoms with Gasteiger partial charge in [0, 0.05) is 17.7 Å². The van der Waals surface area contributed by atoms with Gasteiger partial charge in [-0.1, -0.05) is 23.4 Å². The van der Waals surface area contributed by atoms with Crippen molar-refractivity contribution in [1.29, 1.82) is 0 Å². The molecule has 4 nitrogen and oxygen atoms in total. The molecular weight excluding hydrogens is 240 g/mol. The van der Waals surface area contributed by atoms with Gasteiger partial charge in [-0.2, -0.15) is 0 Å². The first kappa shape index (κ1) is 13.6. The minimum atomic E-state index is 0.238. The summed E-state index contributed by atoms with van der Waals surface area (Å²) >= 11 is 0. The molecule has 0 amide bonds. The van der Waals surface area contributed by atoms with E-state index < -0.39 is 0 Å². The van der Waals surface area contributed by atoms with E-state index >= 15 is 0 Å². The first-order chi connectivity index (χ1) is 9.11. The molecule has 0 saturated heterocycles. The average molecular weight is 260 g/mol. The maximum atomic E-state index is 5.41. The van der Waals surface area contributed by atoms with Gasteiger partial charge < -0.3 is 9.26 Å². The quantitative estimate of drug-likeness (QED) is 0.827. The van der Waals surface area contributed by atoms with E-state index in [-0.39, 0.29) is 6.04 Å². The number of aromatic nitrogens is 1. The Kier molecular flexibility index (Phi) is 4.22. The second-order valence-electron chi connectivity index (χ2n) is 4.77. The molecule has 1 aromatic heterocycles. The number of nitrogens with zero attached hydrogens (tertiary/aromatic N) is 2. The van der Waals surface area contributed by atoms with Crippen LogP contribution in [0.4, 0.5) is 0 Å². The summed E-state index contributed by atoms with van der Waals surface area (Å²) in [5.41, 5.74) is 2.08. The third kappa shape index (κ3) is 3.15. The van der Waals surface area contributed by atoms with Crippen LogP contribution in [0, 0.1) is 6.92 Å². The van der Waals surface area contributed by atoms with E-state index in [4.69, 9.17) is 9.26 Å². The van der Waals surface area contributed by atoms with E-state index in [9.17, 15) is 0 Å². The summed E-state index contributed by atoms with van der Waals surface area (Å²) in [6, 6.07) is 10.3. The molecule has 19 heavy (non-hydrogen) atoms. The molecule has 4 heteroatoms. The standard InChI is InChI=1S/C15H20N2O2/c1-11-9-13(19-16-11)10-17(3)12(2)14-7-5-6-8-15(14)18-4/h5-9,12H,10H2,1-4H3/t12-/m0/s1. The molecule has 0 N–H and O–H groups in total. The van der Waals surface area contributed by atoms with Crippen LogP contribution in [-0.2, 0) is 6.54 Å². The topological polar surface area (TPSA) is 38.5 Å². The molecule has 0 aliphatic rings. The zero-order chi connectivity index (χ0) is 13.8. The van der Waals surface area contributed by atoms with Crippen LogP contribution in [-0.4, -0.2) is 24.2 Å². The lowest BCUT2D eigenvalue weighted by Crippen LogP contribution is -2.22. The number of para-hydroxylation sites is 1. The molecule has 0 spiro atoms. The molecule has 0 aliphatic heterocycles. The Balaban J connectivity index is 2.12. The van der Waals surface area contributed by atoms with Crippen LogP contribution in [0.2, 0.25) is 0 Å². The van der Waals surface area contributed by atoms with E-state index in [0.717, 1.165) is 23.7 Å². The first-order valence-corrected chi connectivity index (χ1v) is 6.37. The molecule has 0 saturated carbocycles. The normalized spacial score (nSPS) is 12.7. The van der Waals surface area contributed by atoms with Crippen LogP contribution >= 0.6 is 0 Å². The largest absolute Gasteiger partial charge is 0.496 e. The molecule has 2 aromatic rings. The third-order valence-corrected chi connectivity index (χ3v) is 3.33. The Hall–Kier alpha value is -1.81. The van der Waals surface area contributed by atoms with Crippen molar-refractivity contribution in [2.75, 3.05) is 14.2 Å². The molecule has 102 valence electrons. The lowest BCUT2D eigenvalue weighted by Gasteiger charge is -2.25. The molecule has 0 aliphatic carbocycles. The third-order valence-electron chi connectivity index (χ3n) is 3.33. The zero-order valence-corrected chi connectivity index (χ0v) is 11.9. The van der Waals surface area contributed by atoms with Gasteiger partial charge in [0.1, 0.15) is 5.75 Å². The van der Waals surface area contributed by atoms with E-state index in [1.807, 2.05) is 31.2 Å². The number of ether oxygens (including phenoxy) is 1. The van der Waals surface area contributed by atoms with Gasteiger partial charge in [0.05, 0.1) is 19.3 Å². The van der Waals surface area contributed by atoms with Crippen molar-refractivity contribution < 1.29 is 9.26 Å². The van der Waals surface area contributed by atoms with Gasteiger partial charge in [0.15, 0.2) is 5.76 Å². The summed E-state index contributed by atoms with van der Waals surface area (Å²) in [6.07, 6.45) is 0. The summed E-state index contributed by atoms with van der Waals surface area (Å²) in [6.45, 7) is 4.80. The van der Waals surface area contributed by atoms with Crippen molar-refractivity contribution in [3.05, 3.63) is 47.3 Å². The summed E-state index contributed by atoms with van der Waals surface area (Å²) in [7, 11) is 3.76. The van der Waals surface area contributed by atoms with Gasteiger partial charge in [-0.05, 0) is 27.0 Å². The highest BCUT2D eigenvalue weighted by Gasteiger charge is 2.17. The lowest BCUT2D eigenvalue weighted by molar-refractivity contribution is 0.217. The minimum absolute atomic E-state index is 0.238. The molecule has 1 heterocycles. The number of aryl methyl sites for hydroxylation is 1. The zero-order valence-electron chi connectivity index (χ0n) is 11.9. The van der Waals surface area contributed by atoms with E-state index in [2.05, 4.69) is 30.1 Å².